The van der Waals surface area contributed by atoms with Crippen LogP contribution in [0.4, 0.5) is 13.2 Å². The maximum atomic E-state index is 12.8. The van der Waals surface area contributed by atoms with Gasteiger partial charge in [-0.25, -0.2) is 0 Å². The summed E-state index contributed by atoms with van der Waals surface area (Å²) in [4.78, 5) is 17.9. The van der Waals surface area contributed by atoms with Crippen molar-refractivity contribution in [3.05, 3.63) is 45.5 Å². The Morgan fingerprint density at radius 1 is 1.24 bits per heavy atom. The van der Waals surface area contributed by atoms with Gasteiger partial charge in [0.15, 0.2) is 18.1 Å². The predicted molar refractivity (Wildman–Crippen MR) is 102 cm³/mol. The first-order valence-electron chi connectivity index (χ1n) is 8.31. The molecule has 0 unspecified atom stereocenters. The molecule has 0 fully saturated rings. The van der Waals surface area contributed by atoms with Crippen molar-refractivity contribution in [3.8, 4) is 36.1 Å². The zero-order valence-electron chi connectivity index (χ0n) is 16.4. The van der Waals surface area contributed by atoms with Crippen molar-refractivity contribution in [1.82, 2.24) is 14.9 Å². The summed E-state index contributed by atoms with van der Waals surface area (Å²) in [6.45, 7) is 4.90. The minimum Gasteiger partial charge on any atom is -0.450 e. The molecule has 2 rings (SSSR count). The van der Waals surface area contributed by atoms with E-state index in [9.17, 15) is 18.0 Å². The molecule has 0 amide bonds. The molecule has 0 bridgehead atoms. The maximum Gasteiger partial charge on any atom is 0.416 e. The first-order chi connectivity index (χ1) is 13.6. The fourth-order valence-corrected chi connectivity index (χ4v) is 2.24. The Bertz CT molecular complexity index is 984. The predicted octanol–water partition coefficient (Wildman–Crippen LogP) is 3.04. The van der Waals surface area contributed by atoms with E-state index in [2.05, 4.69) is 27.3 Å². The number of terminal acetylenes is 2. The molecule has 1 aromatic carbocycles. The van der Waals surface area contributed by atoms with Gasteiger partial charge < -0.3 is 9.57 Å². The number of halogens is 3. The average molecular weight is 407 g/mol. The van der Waals surface area contributed by atoms with Crippen LogP contribution in [0.5, 0.6) is 0 Å². The normalized spacial score (nSPS) is 10.4. The quantitative estimate of drug-likeness (QED) is 0.729. The lowest BCUT2D eigenvalue weighted by Gasteiger charge is -2.15. The van der Waals surface area contributed by atoms with Gasteiger partial charge in [0.2, 0.25) is 0 Å². The van der Waals surface area contributed by atoms with Gasteiger partial charge in [-0.2, -0.15) is 13.2 Å². The molecule has 0 saturated carbocycles. The Kier molecular flexibility index (Phi) is 8.28. The molecule has 1 aromatic heterocycles. The smallest absolute Gasteiger partial charge is 0.416 e. The largest absolute Gasteiger partial charge is 0.450 e. The fourth-order valence-electron chi connectivity index (χ4n) is 2.24. The molecule has 1 heterocycles. The van der Waals surface area contributed by atoms with Crippen LogP contribution in [0.2, 0.25) is 0 Å². The van der Waals surface area contributed by atoms with Crippen LogP contribution in [-0.4, -0.2) is 28.6 Å². The third-order valence-electron chi connectivity index (χ3n) is 3.57. The van der Waals surface area contributed by atoms with Crippen molar-refractivity contribution in [2.75, 3.05) is 13.7 Å². The Hall–Kier alpha value is -3.46. The minimum atomic E-state index is -4.47. The van der Waals surface area contributed by atoms with E-state index >= 15 is 0 Å². The minimum absolute atomic E-state index is 0.104. The molecule has 0 aliphatic rings. The third kappa shape index (κ3) is 6.01. The number of methoxy groups -OCH3 is 1. The van der Waals surface area contributed by atoms with E-state index in [0.29, 0.717) is 0 Å². The Balaban J connectivity index is 0.000000960. The number of ether oxygens (including phenoxy) is 1. The molecule has 0 aliphatic carbocycles. The van der Waals surface area contributed by atoms with Crippen LogP contribution in [0.3, 0.4) is 0 Å². The Morgan fingerprint density at radius 3 is 2.31 bits per heavy atom. The van der Waals surface area contributed by atoms with Gasteiger partial charge >= 0.3 is 11.7 Å². The van der Waals surface area contributed by atoms with Gasteiger partial charge in [0.1, 0.15) is 6.11 Å². The highest BCUT2D eigenvalue weighted by atomic mass is 19.4. The van der Waals surface area contributed by atoms with Gasteiger partial charge in [-0.1, -0.05) is 32.3 Å². The van der Waals surface area contributed by atoms with E-state index in [-0.39, 0.29) is 35.2 Å². The van der Waals surface area contributed by atoms with E-state index in [1.165, 1.54) is 20.1 Å². The maximum absolute atomic E-state index is 12.8. The molecule has 2 aromatic rings. The first kappa shape index (κ1) is 23.6. The summed E-state index contributed by atoms with van der Waals surface area (Å²) in [6.07, 6.45) is 7.17. The molecule has 0 radical (unpaired) electrons. The topological polar surface area (TPSA) is 66.2 Å². The summed E-state index contributed by atoms with van der Waals surface area (Å²) in [5.74, 6) is 2.35. The number of aromatic nitrogens is 3. The molecular formula is C20H20F3N3O3. The lowest BCUT2D eigenvalue weighted by molar-refractivity contribution is -0.137. The number of nitrogens with zero attached hydrogens (tertiary/aromatic N) is 3. The van der Waals surface area contributed by atoms with Gasteiger partial charge in [0.25, 0.3) is 0 Å². The average Bonchev–Trinajstić information content (AvgIpc) is 2.66. The van der Waals surface area contributed by atoms with Gasteiger partial charge in [0.05, 0.1) is 12.7 Å². The molecule has 9 heteroatoms. The highest BCUT2D eigenvalue weighted by Gasteiger charge is 2.31. The highest BCUT2D eigenvalue weighted by molar-refractivity contribution is 5.63. The Labute approximate surface area is 166 Å². The zero-order chi connectivity index (χ0) is 22.2. The van der Waals surface area contributed by atoms with Crippen LogP contribution in [0.25, 0.3) is 11.3 Å². The van der Waals surface area contributed by atoms with Crippen molar-refractivity contribution >= 4 is 0 Å². The summed E-state index contributed by atoms with van der Waals surface area (Å²) in [6, 6.07) is 3.05. The summed E-state index contributed by atoms with van der Waals surface area (Å²) < 4.78 is 43.4. The van der Waals surface area contributed by atoms with Crippen molar-refractivity contribution in [1.29, 1.82) is 0 Å². The molecule has 0 atom stereocenters. The van der Waals surface area contributed by atoms with Crippen LogP contribution < -0.4 is 10.4 Å². The molecule has 0 aliphatic heterocycles. The standard InChI is InChI=1S/C17H16F3N3O2.C3H4O/c1-5-8-25-23-15(10(2)3)22-21-14(16(23)24)13-7-6-12(9-11(13)4)17(18,19)20;1-3-4-2/h1,6-7,9-10H,8H2,2-4H3;1H,2H3. The van der Waals surface area contributed by atoms with Crippen molar-refractivity contribution in [3.63, 3.8) is 0 Å². The highest BCUT2D eigenvalue weighted by Crippen LogP contribution is 2.32. The van der Waals surface area contributed by atoms with Gasteiger partial charge in [-0.05, 0) is 24.6 Å². The second kappa shape index (κ2) is 10.2. The lowest BCUT2D eigenvalue weighted by atomic mass is 10.0. The van der Waals surface area contributed by atoms with E-state index < -0.39 is 17.3 Å². The molecular weight excluding hydrogens is 387 g/mol. The number of hydrogen-bond donors (Lipinski definition) is 0. The van der Waals surface area contributed by atoms with Gasteiger partial charge in [-0.15, -0.1) is 21.4 Å². The summed E-state index contributed by atoms with van der Waals surface area (Å²) in [5.41, 5.74) is -1.03. The number of rotatable bonds is 4. The summed E-state index contributed by atoms with van der Waals surface area (Å²) in [7, 11) is 1.44. The van der Waals surface area contributed by atoms with Crippen molar-refractivity contribution in [2.24, 2.45) is 0 Å². The molecule has 6 nitrogen and oxygen atoms in total. The molecule has 0 saturated heterocycles. The fraction of sp³-hybridized carbons (Fsp3) is 0.350. The van der Waals surface area contributed by atoms with Crippen molar-refractivity contribution < 1.29 is 22.7 Å². The summed E-state index contributed by atoms with van der Waals surface area (Å²) in [5, 5.41) is 7.87. The molecule has 0 N–H and O–H groups in total. The second-order valence-corrected chi connectivity index (χ2v) is 5.99. The Morgan fingerprint density at radius 2 is 1.86 bits per heavy atom. The van der Waals surface area contributed by atoms with Gasteiger partial charge in [-0.3, -0.25) is 4.79 Å². The lowest BCUT2D eigenvalue weighted by Crippen LogP contribution is -2.34. The molecule has 29 heavy (non-hydrogen) atoms. The summed E-state index contributed by atoms with van der Waals surface area (Å²) >= 11 is 0. The van der Waals surface area contributed by atoms with Crippen LogP contribution in [0.1, 0.15) is 36.7 Å². The first-order valence-corrected chi connectivity index (χ1v) is 8.31. The van der Waals surface area contributed by atoms with E-state index in [4.69, 9.17) is 11.3 Å². The molecule has 0 spiro atoms. The van der Waals surface area contributed by atoms with Crippen molar-refractivity contribution in [2.45, 2.75) is 32.9 Å². The second-order valence-electron chi connectivity index (χ2n) is 5.99. The molecule has 154 valence electrons. The van der Waals surface area contributed by atoms with E-state index in [1.807, 2.05) is 6.11 Å². The number of benzene rings is 1. The monoisotopic (exact) mass is 407 g/mol. The third-order valence-corrected chi connectivity index (χ3v) is 3.57. The SMILES string of the molecule is C#CCOn1c(C(C)C)nnc(-c2ccc(C(F)(F)F)cc2C)c1=O.C#COC. The van der Waals surface area contributed by atoms with Gasteiger partial charge in [0, 0.05) is 11.5 Å². The number of hydrogen-bond acceptors (Lipinski definition) is 5. The van der Waals surface area contributed by atoms with Crippen LogP contribution >= 0.6 is 0 Å². The van der Waals surface area contributed by atoms with Crippen LogP contribution in [0, 0.1) is 31.8 Å². The van der Waals surface area contributed by atoms with Crippen LogP contribution in [0.15, 0.2) is 23.0 Å². The number of aryl methyl sites for hydroxylation is 1. The van der Waals surface area contributed by atoms with E-state index in [0.717, 1.165) is 16.9 Å². The van der Waals surface area contributed by atoms with Crippen LogP contribution in [-0.2, 0) is 10.9 Å². The van der Waals surface area contributed by atoms with E-state index in [1.54, 1.807) is 13.8 Å². The zero-order valence-corrected chi connectivity index (χ0v) is 16.4. The number of alkyl halides is 3.